The molecule has 0 saturated heterocycles. The number of carbonyl (C=O) groups is 2. The lowest BCUT2D eigenvalue weighted by atomic mass is 10.0. The summed E-state index contributed by atoms with van der Waals surface area (Å²) < 4.78 is 12.1. The van der Waals surface area contributed by atoms with E-state index in [1.165, 1.54) is 0 Å². The normalized spacial score (nSPS) is 10.1. The summed E-state index contributed by atoms with van der Waals surface area (Å²) in [7, 11) is 0. The van der Waals surface area contributed by atoms with Crippen LogP contribution in [0.1, 0.15) is 37.8 Å². The van der Waals surface area contributed by atoms with Crippen LogP contribution >= 0.6 is 0 Å². The highest BCUT2D eigenvalue weighted by molar-refractivity contribution is 5.96. The predicted molar refractivity (Wildman–Crippen MR) is 240 cm³/mol. The van der Waals surface area contributed by atoms with E-state index in [-0.39, 0.29) is 5.91 Å². The molecule has 0 radical (unpaired) electrons. The first-order valence-electron chi connectivity index (χ1n) is 19.7. The zero-order valence-electron chi connectivity index (χ0n) is 33.7. The molecule has 0 aliphatic rings. The third-order valence-electron chi connectivity index (χ3n) is 8.84. The standard InChI is InChI=1S/C25H21N3O2.C22H14N2O3.C3H9N/c1-2-14-26-24(29)13-12-18-16-27-25-22(18)15-19(17-28-25)21-10-6-7-11-23(21)30-20-8-4-3-5-9-20;25-21(26)11-10-15-13-23-22-19(15)12-16(14-24-22)18-8-4-5-9-20(18)27-17-6-2-1-3-7-17;1-2-3-4/h3-11,15-17H,2,14H2,1H3,(H,26,29)(H,27,28);1-9,12-14H,(H,23,24)(H,25,26);2-4H2,1H3. The molecule has 4 aromatic carbocycles. The number of H-pyrrole nitrogens is 2. The summed E-state index contributed by atoms with van der Waals surface area (Å²) in [5.41, 5.74) is 11.3. The first kappa shape index (κ1) is 42.5. The van der Waals surface area contributed by atoms with Gasteiger partial charge in [0.05, 0.1) is 11.1 Å². The highest BCUT2D eigenvalue weighted by atomic mass is 16.5. The number of nitrogens with zero attached hydrogens (tertiary/aromatic N) is 2. The van der Waals surface area contributed by atoms with Gasteiger partial charge in [-0.1, -0.05) is 98.5 Å². The van der Waals surface area contributed by atoms with Crippen molar-refractivity contribution in [2.45, 2.75) is 26.7 Å². The maximum atomic E-state index is 11.8. The van der Waals surface area contributed by atoms with E-state index < -0.39 is 5.97 Å². The van der Waals surface area contributed by atoms with Crippen molar-refractivity contribution >= 4 is 33.9 Å². The molecular weight excluding hydrogens is 765 g/mol. The second-order valence-corrected chi connectivity index (χ2v) is 13.3. The van der Waals surface area contributed by atoms with Gasteiger partial charge in [-0.3, -0.25) is 4.79 Å². The number of aliphatic carboxylic acids is 1. The van der Waals surface area contributed by atoms with Crippen LogP contribution in [0.25, 0.3) is 44.3 Å². The van der Waals surface area contributed by atoms with Crippen LogP contribution in [0, 0.1) is 23.7 Å². The Morgan fingerprint density at radius 1 is 0.656 bits per heavy atom. The van der Waals surface area contributed by atoms with Crippen molar-refractivity contribution in [2.24, 2.45) is 5.73 Å². The Hall–Kier alpha value is -8.12. The molecule has 11 nitrogen and oxygen atoms in total. The maximum absolute atomic E-state index is 11.8. The molecule has 0 aliphatic heterocycles. The molecule has 1 amide bonds. The van der Waals surface area contributed by atoms with Gasteiger partial charge in [-0.15, -0.1) is 0 Å². The lowest BCUT2D eigenvalue weighted by Crippen LogP contribution is -2.21. The van der Waals surface area contributed by atoms with E-state index in [0.29, 0.717) is 23.5 Å². The quantitative estimate of drug-likeness (QED) is 0.0899. The van der Waals surface area contributed by atoms with Crippen LogP contribution in [0.3, 0.4) is 0 Å². The summed E-state index contributed by atoms with van der Waals surface area (Å²) in [4.78, 5) is 37.6. The number of nitrogens with one attached hydrogen (secondary N) is 3. The number of fused-ring (bicyclic) bond motifs is 2. The van der Waals surface area contributed by atoms with E-state index in [2.05, 4.69) is 55.9 Å². The van der Waals surface area contributed by atoms with Crippen LogP contribution < -0.4 is 20.5 Å². The van der Waals surface area contributed by atoms with E-state index >= 15 is 0 Å². The van der Waals surface area contributed by atoms with E-state index in [1.54, 1.807) is 24.8 Å². The molecule has 4 heterocycles. The van der Waals surface area contributed by atoms with Crippen molar-refractivity contribution in [1.82, 2.24) is 25.3 Å². The monoisotopic (exact) mass is 808 g/mol. The molecular formula is C50H44N6O5. The smallest absolute Gasteiger partial charge is 0.382 e. The molecule has 0 unspecified atom stereocenters. The first-order valence-corrected chi connectivity index (χ1v) is 19.7. The lowest BCUT2D eigenvalue weighted by Gasteiger charge is -2.11. The van der Waals surface area contributed by atoms with Crippen LogP contribution in [0.2, 0.25) is 0 Å². The Kier molecular flexibility index (Phi) is 15.0. The average Bonchev–Trinajstić information content (AvgIpc) is 3.91. The number of carboxylic acid groups (broad SMARTS) is 1. The fourth-order valence-corrected chi connectivity index (χ4v) is 5.86. The number of hydrogen-bond acceptors (Lipinski definition) is 7. The minimum atomic E-state index is -1.17. The number of nitrogens with two attached hydrogens (primary N) is 1. The van der Waals surface area contributed by atoms with Crippen molar-refractivity contribution in [2.75, 3.05) is 13.1 Å². The topological polar surface area (TPSA) is 168 Å². The number of pyridine rings is 2. The van der Waals surface area contributed by atoms with Crippen LogP contribution in [-0.4, -0.2) is 50.0 Å². The van der Waals surface area contributed by atoms with Gasteiger partial charge in [-0.2, -0.15) is 0 Å². The number of para-hydroxylation sites is 4. The molecule has 8 aromatic rings. The van der Waals surface area contributed by atoms with Gasteiger partial charge in [-0.05, 0) is 67.9 Å². The molecule has 304 valence electrons. The Labute approximate surface area is 354 Å². The fraction of sp³-hybridized carbons (Fsp3) is 0.120. The fourth-order valence-electron chi connectivity index (χ4n) is 5.86. The number of carboxylic acids is 1. The molecule has 0 bridgehead atoms. The molecule has 6 N–H and O–H groups in total. The Bertz CT molecular complexity index is 2840. The summed E-state index contributed by atoms with van der Waals surface area (Å²) in [6, 6.07) is 38.7. The summed E-state index contributed by atoms with van der Waals surface area (Å²) in [5, 5.41) is 13.2. The van der Waals surface area contributed by atoms with E-state index in [1.807, 2.05) is 128 Å². The SMILES string of the molecule is CCCN.CCCNC(=O)C#Cc1c[nH]c2ncc(-c3ccccc3Oc3ccccc3)cc12.O=C(O)C#Cc1c[nH]c2ncc(-c3ccccc3Oc3ccccc3)cc12. The number of aromatic nitrogens is 4. The molecule has 0 saturated carbocycles. The van der Waals surface area contributed by atoms with Crippen LogP contribution in [0.4, 0.5) is 0 Å². The van der Waals surface area contributed by atoms with Gasteiger partial charge < -0.3 is 35.6 Å². The first-order chi connectivity index (χ1) is 29.9. The zero-order chi connectivity index (χ0) is 42.8. The minimum Gasteiger partial charge on any atom is -0.472 e. The Balaban J connectivity index is 0.000000189. The number of rotatable bonds is 9. The lowest BCUT2D eigenvalue weighted by molar-refractivity contribution is -0.130. The highest BCUT2D eigenvalue weighted by Crippen LogP contribution is 2.36. The predicted octanol–water partition coefficient (Wildman–Crippen LogP) is 9.71. The number of benzene rings is 4. The van der Waals surface area contributed by atoms with Gasteiger partial charge >= 0.3 is 5.97 Å². The van der Waals surface area contributed by atoms with E-state index in [9.17, 15) is 9.59 Å². The molecule has 61 heavy (non-hydrogen) atoms. The number of aromatic amines is 2. The minimum absolute atomic E-state index is 0.281. The van der Waals surface area contributed by atoms with Crippen LogP contribution in [0.15, 0.2) is 146 Å². The summed E-state index contributed by atoms with van der Waals surface area (Å²) >= 11 is 0. The van der Waals surface area contributed by atoms with Gasteiger partial charge in [0.2, 0.25) is 0 Å². The largest absolute Gasteiger partial charge is 0.472 e. The highest BCUT2D eigenvalue weighted by Gasteiger charge is 2.13. The summed E-state index contributed by atoms with van der Waals surface area (Å²) in [5.74, 6) is 11.9. The van der Waals surface area contributed by atoms with Crippen molar-refractivity contribution in [1.29, 1.82) is 0 Å². The third kappa shape index (κ3) is 11.7. The van der Waals surface area contributed by atoms with Crippen molar-refractivity contribution < 1.29 is 24.2 Å². The maximum Gasteiger partial charge on any atom is 0.382 e. The molecule has 0 fully saturated rings. The molecule has 4 aromatic heterocycles. The Morgan fingerprint density at radius 3 is 1.54 bits per heavy atom. The van der Waals surface area contributed by atoms with Gasteiger partial charge in [0, 0.05) is 76.2 Å². The van der Waals surface area contributed by atoms with Crippen molar-refractivity contribution in [3.05, 3.63) is 157 Å². The van der Waals surface area contributed by atoms with Gasteiger partial charge in [0.25, 0.3) is 5.91 Å². The third-order valence-corrected chi connectivity index (χ3v) is 8.84. The van der Waals surface area contributed by atoms with Crippen molar-refractivity contribution in [3.8, 4) is 68.9 Å². The summed E-state index contributed by atoms with van der Waals surface area (Å²) in [6.45, 7) is 5.49. The molecule has 11 heteroatoms. The summed E-state index contributed by atoms with van der Waals surface area (Å²) in [6.07, 6.45) is 8.95. The van der Waals surface area contributed by atoms with Crippen LogP contribution in [0.5, 0.6) is 23.0 Å². The van der Waals surface area contributed by atoms with E-state index in [4.69, 9.17) is 20.3 Å². The van der Waals surface area contributed by atoms with Gasteiger partial charge in [0.15, 0.2) is 0 Å². The number of ether oxygens (including phenoxy) is 2. The number of hydrogen-bond donors (Lipinski definition) is 5. The second-order valence-electron chi connectivity index (χ2n) is 13.3. The molecule has 0 atom stereocenters. The number of carbonyl (C=O) groups excluding carboxylic acids is 1. The second kappa shape index (κ2) is 21.6. The molecule has 8 rings (SSSR count). The average molecular weight is 809 g/mol. The van der Waals surface area contributed by atoms with Gasteiger partial charge in [0.1, 0.15) is 34.3 Å². The van der Waals surface area contributed by atoms with Gasteiger partial charge in [-0.25, -0.2) is 14.8 Å². The van der Waals surface area contributed by atoms with E-state index in [0.717, 1.165) is 80.9 Å². The molecule has 0 spiro atoms. The van der Waals surface area contributed by atoms with Crippen molar-refractivity contribution in [3.63, 3.8) is 0 Å². The zero-order valence-corrected chi connectivity index (χ0v) is 33.7. The Morgan fingerprint density at radius 2 is 1.10 bits per heavy atom. The number of amides is 1. The molecule has 0 aliphatic carbocycles. The van der Waals surface area contributed by atoms with Crippen LogP contribution in [-0.2, 0) is 9.59 Å².